The molecule has 0 spiro atoms. The van der Waals surface area contributed by atoms with Gasteiger partial charge in [0.25, 0.3) is 0 Å². The molecule has 1 fully saturated rings. The summed E-state index contributed by atoms with van der Waals surface area (Å²) in [7, 11) is 0. The molecule has 21 heavy (non-hydrogen) atoms. The lowest BCUT2D eigenvalue weighted by molar-refractivity contribution is -0.133. The summed E-state index contributed by atoms with van der Waals surface area (Å²) in [6.07, 6.45) is 2.62. The second kappa shape index (κ2) is 7.60. The van der Waals surface area contributed by atoms with Crippen LogP contribution in [0.4, 0.5) is 0 Å². The van der Waals surface area contributed by atoms with Crippen LogP contribution in [0.1, 0.15) is 37.8 Å². The smallest absolute Gasteiger partial charge is 0.222 e. The van der Waals surface area contributed by atoms with Crippen molar-refractivity contribution in [1.82, 2.24) is 9.80 Å². The van der Waals surface area contributed by atoms with Crippen molar-refractivity contribution in [3.63, 3.8) is 0 Å². The van der Waals surface area contributed by atoms with E-state index in [9.17, 15) is 4.79 Å². The van der Waals surface area contributed by atoms with Crippen LogP contribution < -0.4 is 0 Å². The Bertz CT molecular complexity index is 445. The monoisotopic (exact) mass is 288 g/mol. The molecule has 3 nitrogen and oxygen atoms in total. The van der Waals surface area contributed by atoms with E-state index in [1.165, 1.54) is 11.1 Å². The zero-order valence-electron chi connectivity index (χ0n) is 13.6. The summed E-state index contributed by atoms with van der Waals surface area (Å²) in [6, 6.07) is 9.20. The number of hydrogen-bond donors (Lipinski definition) is 0. The van der Waals surface area contributed by atoms with Crippen LogP contribution in [0.5, 0.6) is 0 Å². The maximum Gasteiger partial charge on any atom is 0.222 e. The molecule has 1 aliphatic heterocycles. The number of carbonyl (C=O) groups is 1. The van der Waals surface area contributed by atoms with Crippen molar-refractivity contribution in [3.05, 3.63) is 35.4 Å². The normalized spacial score (nSPS) is 16.5. The van der Waals surface area contributed by atoms with Gasteiger partial charge in [-0.1, -0.05) is 29.8 Å². The highest BCUT2D eigenvalue weighted by Crippen LogP contribution is 2.11. The van der Waals surface area contributed by atoms with Gasteiger partial charge < -0.3 is 4.90 Å². The zero-order chi connectivity index (χ0) is 15.2. The van der Waals surface area contributed by atoms with Gasteiger partial charge >= 0.3 is 0 Å². The number of piperazine rings is 1. The van der Waals surface area contributed by atoms with Gasteiger partial charge in [-0.25, -0.2) is 0 Å². The minimum Gasteiger partial charge on any atom is -0.340 e. The van der Waals surface area contributed by atoms with E-state index in [2.05, 4.69) is 49.9 Å². The molecule has 1 amide bonds. The van der Waals surface area contributed by atoms with E-state index in [-0.39, 0.29) is 0 Å². The van der Waals surface area contributed by atoms with Crippen molar-refractivity contribution in [2.75, 3.05) is 26.2 Å². The molecule has 1 aromatic rings. The van der Waals surface area contributed by atoms with Gasteiger partial charge in [0.15, 0.2) is 0 Å². The van der Waals surface area contributed by atoms with Gasteiger partial charge in [0.2, 0.25) is 5.91 Å². The first-order chi connectivity index (χ1) is 10.1. The number of carbonyl (C=O) groups excluding carboxylic acids is 1. The molecule has 1 heterocycles. The molecule has 1 aromatic carbocycles. The lowest BCUT2D eigenvalue weighted by Gasteiger charge is -2.37. The van der Waals surface area contributed by atoms with E-state index in [0.29, 0.717) is 18.4 Å². The van der Waals surface area contributed by atoms with Gasteiger partial charge in [0.1, 0.15) is 0 Å². The molecule has 1 aliphatic rings. The van der Waals surface area contributed by atoms with E-state index < -0.39 is 0 Å². The molecule has 0 unspecified atom stereocenters. The molecule has 0 aromatic heterocycles. The fourth-order valence-corrected chi connectivity index (χ4v) is 2.84. The number of rotatable bonds is 5. The molecule has 1 saturated heterocycles. The van der Waals surface area contributed by atoms with Crippen LogP contribution in [0.3, 0.4) is 0 Å². The third-order valence-corrected chi connectivity index (χ3v) is 4.37. The zero-order valence-corrected chi connectivity index (χ0v) is 13.6. The Hall–Kier alpha value is -1.35. The Morgan fingerprint density at radius 1 is 1.10 bits per heavy atom. The number of nitrogens with zero attached hydrogens (tertiary/aromatic N) is 2. The molecule has 3 heteroatoms. The van der Waals surface area contributed by atoms with Crippen LogP contribution in [-0.4, -0.2) is 47.9 Å². The minimum atomic E-state index is 0.325. The number of aryl methyl sites for hydroxylation is 2. The molecular weight excluding hydrogens is 260 g/mol. The Morgan fingerprint density at radius 3 is 2.29 bits per heavy atom. The van der Waals surface area contributed by atoms with Gasteiger partial charge in [-0.05, 0) is 39.2 Å². The topological polar surface area (TPSA) is 23.6 Å². The summed E-state index contributed by atoms with van der Waals surface area (Å²) in [5.74, 6) is 0.325. The van der Waals surface area contributed by atoms with Crippen LogP contribution >= 0.6 is 0 Å². The van der Waals surface area contributed by atoms with Crippen LogP contribution in [-0.2, 0) is 11.2 Å². The Labute approximate surface area is 128 Å². The average Bonchev–Trinajstić information content (AvgIpc) is 2.49. The second-order valence-corrected chi connectivity index (χ2v) is 6.35. The first kappa shape index (κ1) is 16.0. The lowest BCUT2D eigenvalue weighted by Crippen LogP contribution is -2.50. The Morgan fingerprint density at radius 2 is 1.71 bits per heavy atom. The van der Waals surface area contributed by atoms with Crippen LogP contribution in [0.25, 0.3) is 0 Å². The summed E-state index contributed by atoms with van der Waals surface area (Å²) in [5.41, 5.74) is 2.62. The summed E-state index contributed by atoms with van der Waals surface area (Å²) >= 11 is 0. The second-order valence-electron chi connectivity index (χ2n) is 6.35. The minimum absolute atomic E-state index is 0.325. The van der Waals surface area contributed by atoms with E-state index in [4.69, 9.17) is 0 Å². The summed E-state index contributed by atoms with van der Waals surface area (Å²) in [5, 5.41) is 0. The van der Waals surface area contributed by atoms with E-state index >= 15 is 0 Å². The number of benzene rings is 1. The molecule has 0 aliphatic carbocycles. The molecular formula is C18H28N2O. The summed E-state index contributed by atoms with van der Waals surface area (Å²) in [4.78, 5) is 16.7. The van der Waals surface area contributed by atoms with Gasteiger partial charge in [-0.3, -0.25) is 9.69 Å². The molecule has 0 saturated carbocycles. The SMILES string of the molecule is Cc1ccc(CCCC(=O)N2CCN(C(C)C)CC2)cc1. The van der Waals surface area contributed by atoms with Crippen LogP contribution in [0, 0.1) is 6.92 Å². The van der Waals surface area contributed by atoms with Gasteiger partial charge in [-0.2, -0.15) is 0 Å². The molecule has 2 rings (SSSR count). The number of hydrogen-bond acceptors (Lipinski definition) is 2. The van der Waals surface area contributed by atoms with Gasteiger partial charge in [0.05, 0.1) is 0 Å². The maximum absolute atomic E-state index is 12.2. The Balaban J connectivity index is 1.69. The highest BCUT2D eigenvalue weighted by Gasteiger charge is 2.21. The lowest BCUT2D eigenvalue weighted by atomic mass is 10.1. The maximum atomic E-state index is 12.2. The van der Waals surface area contributed by atoms with E-state index in [1.807, 2.05) is 4.90 Å². The largest absolute Gasteiger partial charge is 0.340 e. The van der Waals surface area contributed by atoms with Crippen molar-refractivity contribution in [1.29, 1.82) is 0 Å². The highest BCUT2D eigenvalue weighted by atomic mass is 16.2. The standard InChI is InChI=1S/C18H28N2O/c1-15(2)19-11-13-20(14-12-19)18(21)6-4-5-17-9-7-16(3)8-10-17/h7-10,15H,4-6,11-14H2,1-3H3. The molecule has 116 valence electrons. The van der Waals surface area contributed by atoms with Crippen molar-refractivity contribution in [2.24, 2.45) is 0 Å². The van der Waals surface area contributed by atoms with E-state index in [1.54, 1.807) is 0 Å². The first-order valence-corrected chi connectivity index (χ1v) is 8.13. The fourth-order valence-electron chi connectivity index (χ4n) is 2.84. The van der Waals surface area contributed by atoms with Gasteiger partial charge in [0, 0.05) is 38.6 Å². The summed E-state index contributed by atoms with van der Waals surface area (Å²) < 4.78 is 0. The average molecular weight is 288 g/mol. The van der Waals surface area contributed by atoms with Crippen LogP contribution in [0.15, 0.2) is 24.3 Å². The van der Waals surface area contributed by atoms with Crippen LogP contribution in [0.2, 0.25) is 0 Å². The van der Waals surface area contributed by atoms with Gasteiger partial charge in [-0.15, -0.1) is 0 Å². The Kier molecular flexibility index (Phi) is 5.80. The number of amides is 1. The van der Waals surface area contributed by atoms with Crippen molar-refractivity contribution >= 4 is 5.91 Å². The fraction of sp³-hybridized carbons (Fsp3) is 0.611. The first-order valence-electron chi connectivity index (χ1n) is 8.13. The van der Waals surface area contributed by atoms with Crippen molar-refractivity contribution in [3.8, 4) is 0 Å². The van der Waals surface area contributed by atoms with E-state index in [0.717, 1.165) is 39.0 Å². The van der Waals surface area contributed by atoms with Crippen molar-refractivity contribution < 1.29 is 4.79 Å². The third kappa shape index (κ3) is 4.85. The third-order valence-electron chi connectivity index (χ3n) is 4.37. The molecule has 0 N–H and O–H groups in total. The predicted molar refractivity (Wildman–Crippen MR) is 87.4 cm³/mol. The quantitative estimate of drug-likeness (QED) is 0.832. The van der Waals surface area contributed by atoms with Crippen molar-refractivity contribution in [2.45, 2.75) is 46.1 Å². The highest BCUT2D eigenvalue weighted by molar-refractivity contribution is 5.76. The molecule has 0 atom stereocenters. The molecule has 0 bridgehead atoms. The summed E-state index contributed by atoms with van der Waals surface area (Å²) in [6.45, 7) is 10.4. The molecule has 0 radical (unpaired) electrons. The predicted octanol–water partition coefficient (Wildman–Crippen LogP) is 2.87.